The number of amides is 1. The van der Waals surface area contributed by atoms with Crippen LogP contribution >= 0.6 is 0 Å². The maximum absolute atomic E-state index is 12.2. The van der Waals surface area contributed by atoms with Crippen molar-refractivity contribution >= 4 is 11.9 Å². The molecular formula is C16H23NO5. The van der Waals surface area contributed by atoms with Gasteiger partial charge >= 0.3 is 5.97 Å². The molecule has 1 amide bonds. The predicted molar refractivity (Wildman–Crippen MR) is 82.0 cm³/mol. The molecule has 0 fully saturated rings. The number of ether oxygens (including phenoxy) is 3. The highest BCUT2D eigenvalue weighted by Gasteiger charge is 2.18. The maximum atomic E-state index is 12.2. The fourth-order valence-corrected chi connectivity index (χ4v) is 1.90. The van der Waals surface area contributed by atoms with Gasteiger partial charge in [-0.1, -0.05) is 6.07 Å². The van der Waals surface area contributed by atoms with Gasteiger partial charge in [0.2, 0.25) is 0 Å². The van der Waals surface area contributed by atoms with Crippen LogP contribution in [0.3, 0.4) is 0 Å². The third-order valence-corrected chi connectivity index (χ3v) is 3.13. The SMILES string of the molecule is COC(=O)CCN(C(=O)COc1cccc(OC)c1)C(C)C. The van der Waals surface area contributed by atoms with E-state index in [1.807, 2.05) is 13.8 Å². The van der Waals surface area contributed by atoms with Gasteiger partial charge < -0.3 is 19.1 Å². The Bertz CT molecular complexity index is 501. The molecule has 0 aliphatic heterocycles. The Balaban J connectivity index is 2.57. The first-order valence-electron chi connectivity index (χ1n) is 7.11. The van der Waals surface area contributed by atoms with Crippen LogP contribution in [0.4, 0.5) is 0 Å². The molecule has 1 aromatic rings. The van der Waals surface area contributed by atoms with Crippen molar-refractivity contribution in [2.45, 2.75) is 26.3 Å². The third kappa shape index (κ3) is 5.63. The smallest absolute Gasteiger partial charge is 0.307 e. The molecule has 0 radical (unpaired) electrons. The van der Waals surface area contributed by atoms with Crippen LogP contribution in [-0.2, 0) is 14.3 Å². The standard InChI is InChI=1S/C16H23NO5/c1-12(2)17(9-8-16(19)21-4)15(18)11-22-14-7-5-6-13(10-14)20-3/h5-7,10,12H,8-9,11H2,1-4H3. The molecule has 0 saturated carbocycles. The van der Waals surface area contributed by atoms with Crippen LogP contribution in [0.15, 0.2) is 24.3 Å². The molecule has 0 spiro atoms. The average Bonchev–Trinajstić information content (AvgIpc) is 2.52. The lowest BCUT2D eigenvalue weighted by Gasteiger charge is -2.26. The molecule has 0 aliphatic rings. The number of methoxy groups -OCH3 is 2. The highest BCUT2D eigenvalue weighted by molar-refractivity contribution is 5.79. The fraction of sp³-hybridized carbons (Fsp3) is 0.500. The van der Waals surface area contributed by atoms with Gasteiger partial charge in [0.15, 0.2) is 6.61 Å². The summed E-state index contributed by atoms with van der Waals surface area (Å²) in [6.07, 6.45) is 0.166. The van der Waals surface area contributed by atoms with Gasteiger partial charge in [0, 0.05) is 18.7 Å². The molecule has 0 N–H and O–H groups in total. The van der Waals surface area contributed by atoms with Crippen molar-refractivity contribution < 1.29 is 23.8 Å². The molecule has 0 unspecified atom stereocenters. The molecule has 122 valence electrons. The summed E-state index contributed by atoms with van der Waals surface area (Å²) < 4.78 is 15.2. The third-order valence-electron chi connectivity index (χ3n) is 3.13. The molecule has 0 atom stereocenters. The van der Waals surface area contributed by atoms with Crippen LogP contribution in [0, 0.1) is 0 Å². The van der Waals surface area contributed by atoms with Gasteiger partial charge in [0.1, 0.15) is 11.5 Å². The Labute approximate surface area is 131 Å². The fourth-order valence-electron chi connectivity index (χ4n) is 1.90. The number of carbonyl (C=O) groups is 2. The van der Waals surface area contributed by atoms with Gasteiger partial charge in [-0.2, -0.15) is 0 Å². The van der Waals surface area contributed by atoms with Gasteiger partial charge in [0.05, 0.1) is 20.6 Å². The molecule has 6 nitrogen and oxygen atoms in total. The van der Waals surface area contributed by atoms with E-state index in [0.717, 1.165) is 0 Å². The van der Waals surface area contributed by atoms with Gasteiger partial charge in [-0.05, 0) is 26.0 Å². The number of nitrogens with zero attached hydrogens (tertiary/aromatic N) is 1. The topological polar surface area (TPSA) is 65.1 Å². The Kier molecular flexibility index (Phi) is 7.22. The molecule has 0 bridgehead atoms. The minimum atomic E-state index is -0.341. The van der Waals surface area contributed by atoms with Crippen molar-refractivity contribution in [1.82, 2.24) is 4.90 Å². The Morgan fingerprint density at radius 2 is 1.86 bits per heavy atom. The lowest BCUT2D eigenvalue weighted by molar-refractivity contribution is -0.142. The first kappa shape index (κ1) is 17.8. The summed E-state index contributed by atoms with van der Waals surface area (Å²) in [4.78, 5) is 25.0. The Morgan fingerprint density at radius 3 is 2.45 bits per heavy atom. The molecule has 6 heteroatoms. The van der Waals surface area contributed by atoms with Gasteiger partial charge in [-0.3, -0.25) is 9.59 Å². The highest BCUT2D eigenvalue weighted by atomic mass is 16.5. The minimum Gasteiger partial charge on any atom is -0.497 e. The lowest BCUT2D eigenvalue weighted by atomic mass is 10.2. The van der Waals surface area contributed by atoms with Crippen molar-refractivity contribution in [3.63, 3.8) is 0 Å². The van der Waals surface area contributed by atoms with Crippen molar-refractivity contribution in [2.75, 3.05) is 27.4 Å². The normalized spacial score (nSPS) is 10.2. The first-order valence-corrected chi connectivity index (χ1v) is 7.11. The van der Waals surface area contributed by atoms with E-state index < -0.39 is 0 Å². The zero-order valence-corrected chi connectivity index (χ0v) is 13.5. The summed E-state index contributed by atoms with van der Waals surface area (Å²) >= 11 is 0. The average molecular weight is 309 g/mol. The van der Waals surface area contributed by atoms with Crippen LogP contribution in [0.2, 0.25) is 0 Å². The summed E-state index contributed by atoms with van der Waals surface area (Å²) in [6.45, 7) is 4.00. The molecule has 22 heavy (non-hydrogen) atoms. The molecule has 0 saturated heterocycles. The van der Waals surface area contributed by atoms with Crippen LogP contribution < -0.4 is 9.47 Å². The zero-order chi connectivity index (χ0) is 16.5. The number of hydrogen-bond donors (Lipinski definition) is 0. The van der Waals surface area contributed by atoms with E-state index in [-0.39, 0.29) is 30.9 Å². The quantitative estimate of drug-likeness (QED) is 0.686. The van der Waals surface area contributed by atoms with Gasteiger partial charge in [-0.25, -0.2) is 0 Å². The first-order chi connectivity index (χ1) is 10.5. The van der Waals surface area contributed by atoms with E-state index in [1.165, 1.54) is 7.11 Å². The van der Waals surface area contributed by atoms with Crippen molar-refractivity contribution in [3.8, 4) is 11.5 Å². The second-order valence-corrected chi connectivity index (χ2v) is 4.97. The van der Waals surface area contributed by atoms with Crippen LogP contribution in [-0.4, -0.2) is 50.2 Å². The summed E-state index contributed by atoms with van der Waals surface area (Å²) in [5, 5.41) is 0. The molecule has 0 aromatic heterocycles. The largest absolute Gasteiger partial charge is 0.497 e. The molecule has 0 aliphatic carbocycles. The Morgan fingerprint density at radius 1 is 1.18 bits per heavy atom. The number of hydrogen-bond acceptors (Lipinski definition) is 5. The molecule has 1 rings (SSSR count). The molecular weight excluding hydrogens is 286 g/mol. The van der Waals surface area contributed by atoms with E-state index in [0.29, 0.717) is 18.0 Å². The minimum absolute atomic E-state index is 0.0222. The second kappa shape index (κ2) is 8.92. The van der Waals surface area contributed by atoms with Crippen LogP contribution in [0.25, 0.3) is 0 Å². The maximum Gasteiger partial charge on any atom is 0.307 e. The van der Waals surface area contributed by atoms with Crippen molar-refractivity contribution in [3.05, 3.63) is 24.3 Å². The summed E-state index contributed by atoms with van der Waals surface area (Å²) in [6, 6.07) is 7.03. The van der Waals surface area contributed by atoms with Crippen LogP contribution in [0.1, 0.15) is 20.3 Å². The van der Waals surface area contributed by atoms with Gasteiger partial charge in [-0.15, -0.1) is 0 Å². The molecule has 1 aromatic carbocycles. The second-order valence-electron chi connectivity index (χ2n) is 4.97. The van der Waals surface area contributed by atoms with Crippen LogP contribution in [0.5, 0.6) is 11.5 Å². The van der Waals surface area contributed by atoms with E-state index in [9.17, 15) is 9.59 Å². The van der Waals surface area contributed by atoms with Gasteiger partial charge in [0.25, 0.3) is 5.91 Å². The van der Waals surface area contributed by atoms with E-state index in [4.69, 9.17) is 9.47 Å². The van der Waals surface area contributed by atoms with Crippen molar-refractivity contribution in [1.29, 1.82) is 0 Å². The number of rotatable bonds is 8. The summed E-state index contributed by atoms with van der Waals surface area (Å²) in [7, 11) is 2.90. The number of esters is 1. The summed E-state index contributed by atoms with van der Waals surface area (Å²) in [5.41, 5.74) is 0. The monoisotopic (exact) mass is 309 g/mol. The zero-order valence-electron chi connectivity index (χ0n) is 13.5. The highest BCUT2D eigenvalue weighted by Crippen LogP contribution is 2.18. The van der Waals surface area contributed by atoms with E-state index in [1.54, 1.807) is 36.3 Å². The number of carbonyl (C=O) groups excluding carboxylic acids is 2. The Hall–Kier alpha value is -2.24. The lowest BCUT2D eigenvalue weighted by Crippen LogP contribution is -2.41. The summed E-state index contributed by atoms with van der Waals surface area (Å²) in [5.74, 6) is 0.703. The molecule has 0 heterocycles. The van der Waals surface area contributed by atoms with E-state index >= 15 is 0 Å². The predicted octanol–water partition coefficient (Wildman–Crippen LogP) is 1.87. The van der Waals surface area contributed by atoms with Crippen molar-refractivity contribution in [2.24, 2.45) is 0 Å². The van der Waals surface area contributed by atoms with E-state index in [2.05, 4.69) is 4.74 Å². The number of benzene rings is 1.